The van der Waals surface area contributed by atoms with Crippen molar-refractivity contribution in [2.24, 2.45) is 0 Å². The molecule has 0 radical (unpaired) electrons. The average Bonchev–Trinajstić information content (AvgIpc) is 2.48. The molecule has 0 amide bonds. The molecule has 5 nitrogen and oxygen atoms in total. The van der Waals surface area contributed by atoms with Crippen molar-refractivity contribution in [2.75, 3.05) is 18.8 Å². The maximum Gasteiger partial charge on any atom is 0.314 e. The van der Waals surface area contributed by atoms with Gasteiger partial charge < -0.3 is 5.11 Å². The van der Waals surface area contributed by atoms with Crippen molar-refractivity contribution in [3.63, 3.8) is 0 Å². The smallest absolute Gasteiger partial charge is 0.314 e. The highest BCUT2D eigenvalue weighted by Gasteiger charge is 2.44. The molecule has 6 heteroatoms. The van der Waals surface area contributed by atoms with Crippen molar-refractivity contribution in [2.45, 2.75) is 25.2 Å². The van der Waals surface area contributed by atoms with E-state index in [2.05, 4.69) is 0 Å². The molecule has 1 saturated heterocycles. The van der Waals surface area contributed by atoms with Crippen LogP contribution in [-0.4, -0.2) is 42.6 Å². The molecule has 2 rings (SSSR count). The maximum atomic E-state index is 11.9. The second-order valence-corrected chi connectivity index (χ2v) is 7.31. The van der Waals surface area contributed by atoms with Crippen LogP contribution in [0.2, 0.25) is 0 Å². The van der Waals surface area contributed by atoms with Gasteiger partial charge in [0.1, 0.15) is 0 Å². The third kappa shape index (κ3) is 2.58. The zero-order valence-corrected chi connectivity index (χ0v) is 12.3. The van der Waals surface area contributed by atoms with Crippen molar-refractivity contribution >= 4 is 16.0 Å². The molecule has 1 N–H and O–H groups in total. The number of aliphatic carboxylic acids is 1. The molecule has 0 atom stereocenters. The maximum absolute atomic E-state index is 11.9. The largest absolute Gasteiger partial charge is 0.481 e. The second-order valence-electron chi connectivity index (χ2n) is 5.05. The van der Waals surface area contributed by atoms with Crippen molar-refractivity contribution in [3.8, 4) is 0 Å². The van der Waals surface area contributed by atoms with Crippen LogP contribution in [-0.2, 0) is 20.2 Å². The number of carboxylic acid groups (broad SMARTS) is 1. The SMILES string of the molecule is CCS(=O)(=O)N1CCC(C(=O)O)(c2ccccc2)CC1. The quantitative estimate of drug-likeness (QED) is 0.913. The molecular formula is C14H19NO4S. The van der Waals surface area contributed by atoms with Crippen LogP contribution in [0.15, 0.2) is 30.3 Å². The molecule has 20 heavy (non-hydrogen) atoms. The predicted octanol–water partition coefficient (Wildman–Crippen LogP) is 1.45. The van der Waals surface area contributed by atoms with Crippen molar-refractivity contribution in [1.29, 1.82) is 0 Å². The first-order valence-electron chi connectivity index (χ1n) is 6.69. The van der Waals surface area contributed by atoms with E-state index in [1.54, 1.807) is 19.1 Å². The van der Waals surface area contributed by atoms with Gasteiger partial charge in [0.25, 0.3) is 0 Å². The topological polar surface area (TPSA) is 74.7 Å². The zero-order chi connectivity index (χ0) is 14.8. The van der Waals surface area contributed by atoms with Gasteiger partial charge in [-0.15, -0.1) is 0 Å². The summed E-state index contributed by atoms with van der Waals surface area (Å²) in [5.74, 6) is -0.824. The van der Waals surface area contributed by atoms with Gasteiger partial charge >= 0.3 is 5.97 Å². The number of nitrogens with zero attached hydrogens (tertiary/aromatic N) is 1. The Morgan fingerprint density at radius 1 is 1.25 bits per heavy atom. The molecule has 1 aliphatic heterocycles. The van der Waals surface area contributed by atoms with E-state index in [4.69, 9.17) is 0 Å². The van der Waals surface area contributed by atoms with E-state index in [0.717, 1.165) is 5.56 Å². The summed E-state index contributed by atoms with van der Waals surface area (Å²) in [5.41, 5.74) is -0.220. The van der Waals surface area contributed by atoms with Gasteiger partial charge in [0.2, 0.25) is 10.0 Å². The highest BCUT2D eigenvalue weighted by Crippen LogP contribution is 2.36. The first kappa shape index (κ1) is 15.0. The molecule has 0 aromatic heterocycles. The van der Waals surface area contributed by atoms with Crippen molar-refractivity contribution < 1.29 is 18.3 Å². The van der Waals surface area contributed by atoms with Gasteiger partial charge in [0.15, 0.2) is 0 Å². The van der Waals surface area contributed by atoms with E-state index in [0.29, 0.717) is 12.8 Å². The molecule has 1 fully saturated rings. The zero-order valence-electron chi connectivity index (χ0n) is 11.4. The number of piperidine rings is 1. The summed E-state index contributed by atoms with van der Waals surface area (Å²) in [6.45, 7) is 2.13. The Bertz CT molecular complexity index is 574. The molecule has 0 spiro atoms. The minimum absolute atomic E-state index is 0.0540. The Labute approximate surface area is 119 Å². The number of carboxylic acids is 1. The van der Waals surface area contributed by atoms with Crippen LogP contribution < -0.4 is 0 Å². The Kier molecular flexibility index (Phi) is 4.15. The highest BCUT2D eigenvalue weighted by molar-refractivity contribution is 7.89. The van der Waals surface area contributed by atoms with Gasteiger partial charge in [-0.25, -0.2) is 12.7 Å². The summed E-state index contributed by atoms with van der Waals surface area (Å²) in [7, 11) is -3.24. The van der Waals surface area contributed by atoms with Crippen LogP contribution >= 0.6 is 0 Å². The summed E-state index contributed by atoms with van der Waals surface area (Å²) in [6, 6.07) is 9.08. The third-order valence-electron chi connectivity index (χ3n) is 4.07. The van der Waals surface area contributed by atoms with Crippen LogP contribution in [0.1, 0.15) is 25.3 Å². The van der Waals surface area contributed by atoms with Crippen molar-refractivity contribution in [1.82, 2.24) is 4.31 Å². The summed E-state index contributed by atoms with van der Waals surface area (Å²) < 4.78 is 25.1. The molecule has 0 aliphatic carbocycles. The highest BCUT2D eigenvalue weighted by atomic mass is 32.2. The van der Waals surface area contributed by atoms with Crippen LogP contribution in [0.5, 0.6) is 0 Å². The first-order chi connectivity index (χ1) is 9.42. The number of hydrogen-bond acceptors (Lipinski definition) is 3. The Morgan fingerprint density at radius 3 is 2.25 bits per heavy atom. The number of hydrogen-bond donors (Lipinski definition) is 1. The van der Waals surface area contributed by atoms with Crippen LogP contribution in [0, 0.1) is 0 Å². The number of rotatable bonds is 4. The number of benzene rings is 1. The van der Waals surface area contributed by atoms with Gasteiger partial charge in [-0.2, -0.15) is 0 Å². The molecular weight excluding hydrogens is 278 g/mol. The third-order valence-corrected chi connectivity index (χ3v) is 5.95. The fraction of sp³-hybridized carbons (Fsp3) is 0.500. The van der Waals surface area contributed by atoms with Crippen LogP contribution in [0.4, 0.5) is 0 Å². The molecule has 1 aromatic carbocycles. The lowest BCUT2D eigenvalue weighted by atomic mass is 9.73. The van der Waals surface area contributed by atoms with E-state index in [9.17, 15) is 18.3 Å². The summed E-state index contributed by atoms with van der Waals surface area (Å²) in [4.78, 5) is 11.7. The Hall–Kier alpha value is -1.40. The molecule has 0 bridgehead atoms. The van der Waals surface area contributed by atoms with E-state index < -0.39 is 21.4 Å². The van der Waals surface area contributed by atoms with Gasteiger partial charge in [-0.05, 0) is 25.3 Å². The lowest BCUT2D eigenvalue weighted by Gasteiger charge is -2.38. The predicted molar refractivity (Wildman–Crippen MR) is 76.0 cm³/mol. The minimum Gasteiger partial charge on any atom is -0.481 e. The molecule has 1 heterocycles. The minimum atomic E-state index is -3.24. The fourth-order valence-electron chi connectivity index (χ4n) is 2.71. The van der Waals surface area contributed by atoms with Gasteiger partial charge in [0, 0.05) is 13.1 Å². The Morgan fingerprint density at radius 2 is 1.80 bits per heavy atom. The molecule has 110 valence electrons. The first-order valence-corrected chi connectivity index (χ1v) is 8.30. The summed E-state index contributed by atoms with van der Waals surface area (Å²) in [5, 5.41) is 9.62. The molecule has 1 aromatic rings. The summed E-state index contributed by atoms with van der Waals surface area (Å²) in [6.07, 6.45) is 0.622. The van der Waals surface area contributed by atoms with E-state index in [1.807, 2.05) is 18.2 Å². The van der Waals surface area contributed by atoms with Gasteiger partial charge in [0.05, 0.1) is 11.2 Å². The van der Waals surface area contributed by atoms with E-state index in [-0.39, 0.29) is 18.8 Å². The average molecular weight is 297 g/mol. The molecule has 0 saturated carbocycles. The fourth-order valence-corrected chi connectivity index (χ4v) is 3.82. The van der Waals surface area contributed by atoms with E-state index in [1.165, 1.54) is 4.31 Å². The second kappa shape index (κ2) is 5.54. The standard InChI is InChI=1S/C14H19NO4S/c1-2-20(18,19)15-10-8-14(9-11-15,13(16)17)12-6-4-3-5-7-12/h3-7H,2,8-11H2,1H3,(H,16,17). The lowest BCUT2D eigenvalue weighted by molar-refractivity contribution is -0.145. The monoisotopic (exact) mass is 297 g/mol. The van der Waals surface area contributed by atoms with Crippen molar-refractivity contribution in [3.05, 3.63) is 35.9 Å². The number of carbonyl (C=O) groups is 1. The Balaban J connectivity index is 2.26. The van der Waals surface area contributed by atoms with E-state index >= 15 is 0 Å². The number of sulfonamides is 1. The van der Waals surface area contributed by atoms with Crippen LogP contribution in [0.25, 0.3) is 0 Å². The molecule has 1 aliphatic rings. The normalized spacial score (nSPS) is 19.6. The van der Waals surface area contributed by atoms with Gasteiger partial charge in [-0.1, -0.05) is 30.3 Å². The van der Waals surface area contributed by atoms with Crippen LogP contribution in [0.3, 0.4) is 0 Å². The lowest BCUT2D eigenvalue weighted by Crippen LogP contribution is -2.49. The van der Waals surface area contributed by atoms with Gasteiger partial charge in [-0.3, -0.25) is 4.79 Å². The summed E-state index contributed by atoms with van der Waals surface area (Å²) >= 11 is 0. The molecule has 0 unspecified atom stereocenters.